The number of hydrogen-bond acceptors (Lipinski definition) is 6. The van der Waals surface area contributed by atoms with Crippen LogP contribution in [0.2, 0.25) is 0 Å². The lowest BCUT2D eigenvalue weighted by atomic mass is 10.3. The summed E-state index contributed by atoms with van der Waals surface area (Å²) in [7, 11) is 2.91. The molecule has 17 heavy (non-hydrogen) atoms. The van der Waals surface area contributed by atoms with Gasteiger partial charge >= 0.3 is 5.97 Å². The number of halogens is 1. The van der Waals surface area contributed by atoms with E-state index in [4.69, 9.17) is 20.2 Å². The number of ether oxygens (including phenoxy) is 2. The number of hydrogen-bond donors (Lipinski definition) is 0. The highest BCUT2D eigenvalue weighted by Crippen LogP contribution is 2.24. The van der Waals surface area contributed by atoms with E-state index >= 15 is 0 Å². The molecule has 8 heteroatoms. The first kappa shape index (κ1) is 14.4. The predicted molar refractivity (Wildman–Crippen MR) is 64.1 cm³/mol. The average Bonchev–Trinajstić information content (AvgIpc) is 2.72. The van der Waals surface area contributed by atoms with Crippen molar-refractivity contribution in [2.75, 3.05) is 20.3 Å². The van der Waals surface area contributed by atoms with Crippen LogP contribution in [0.3, 0.4) is 0 Å². The predicted octanol–water partition coefficient (Wildman–Crippen LogP) is 1.87. The molecule has 0 radical (unpaired) electrons. The molecule has 1 aromatic heterocycles. The van der Waals surface area contributed by atoms with Crippen molar-refractivity contribution in [2.24, 2.45) is 0 Å². The van der Waals surface area contributed by atoms with E-state index in [9.17, 15) is 13.2 Å². The summed E-state index contributed by atoms with van der Waals surface area (Å²) in [6.07, 6.45) is 0.590. The van der Waals surface area contributed by atoms with Crippen LogP contribution in [0.1, 0.15) is 16.8 Å². The largest absolute Gasteiger partial charge is 0.462 e. The Labute approximate surface area is 108 Å². The van der Waals surface area contributed by atoms with Crippen molar-refractivity contribution >= 4 is 37.0 Å². The Balaban J connectivity index is 2.56. The van der Waals surface area contributed by atoms with Gasteiger partial charge < -0.3 is 9.47 Å². The summed E-state index contributed by atoms with van der Waals surface area (Å²) in [5.41, 5.74) is 0.187. The zero-order valence-electron chi connectivity index (χ0n) is 9.01. The van der Waals surface area contributed by atoms with Crippen LogP contribution in [0.15, 0.2) is 15.7 Å². The monoisotopic (exact) mass is 298 g/mol. The van der Waals surface area contributed by atoms with E-state index < -0.39 is 15.0 Å². The van der Waals surface area contributed by atoms with Crippen molar-refractivity contribution in [3.05, 3.63) is 17.0 Å². The second-order valence-electron chi connectivity index (χ2n) is 3.07. The van der Waals surface area contributed by atoms with Crippen LogP contribution in [-0.2, 0) is 18.5 Å². The first-order valence-electron chi connectivity index (χ1n) is 4.64. The third-order valence-electron chi connectivity index (χ3n) is 1.78. The van der Waals surface area contributed by atoms with Crippen LogP contribution in [0, 0.1) is 0 Å². The molecule has 0 spiro atoms. The number of carbonyl (C=O) groups excluding carboxylic acids is 1. The van der Waals surface area contributed by atoms with Gasteiger partial charge in [0, 0.05) is 36.2 Å². The lowest BCUT2D eigenvalue weighted by molar-refractivity contribution is 0.0469. The summed E-state index contributed by atoms with van der Waals surface area (Å²) in [4.78, 5) is 11.5. The summed E-state index contributed by atoms with van der Waals surface area (Å²) < 4.78 is 31.6. The first-order valence-corrected chi connectivity index (χ1v) is 7.83. The van der Waals surface area contributed by atoms with Gasteiger partial charge in [-0.25, -0.2) is 13.2 Å². The van der Waals surface area contributed by atoms with Gasteiger partial charge in [0.2, 0.25) is 0 Å². The summed E-state index contributed by atoms with van der Waals surface area (Å²) in [5, 5.41) is 1.40. The fourth-order valence-electron chi connectivity index (χ4n) is 1.00. The lowest BCUT2D eigenvalue weighted by Crippen LogP contribution is -2.07. The Morgan fingerprint density at radius 2 is 2.18 bits per heavy atom. The highest BCUT2D eigenvalue weighted by atomic mass is 35.7. The van der Waals surface area contributed by atoms with Crippen LogP contribution in [0.4, 0.5) is 0 Å². The SMILES string of the molecule is COCCCOC(=O)c1csc(S(=O)(=O)Cl)c1. The van der Waals surface area contributed by atoms with Gasteiger partial charge in [0.15, 0.2) is 0 Å². The van der Waals surface area contributed by atoms with E-state index in [2.05, 4.69) is 0 Å². The zero-order valence-corrected chi connectivity index (χ0v) is 11.4. The van der Waals surface area contributed by atoms with Crippen molar-refractivity contribution in [3.8, 4) is 0 Å². The highest BCUT2D eigenvalue weighted by molar-refractivity contribution is 8.15. The second-order valence-corrected chi connectivity index (χ2v) is 6.78. The molecule has 0 N–H and O–H groups in total. The number of carbonyl (C=O) groups is 1. The molecule has 0 aromatic carbocycles. The zero-order chi connectivity index (χ0) is 12.9. The smallest absolute Gasteiger partial charge is 0.339 e. The average molecular weight is 299 g/mol. The molecule has 0 saturated carbocycles. The van der Waals surface area contributed by atoms with Crippen molar-refractivity contribution in [3.63, 3.8) is 0 Å². The molecule has 0 bridgehead atoms. The van der Waals surface area contributed by atoms with Crippen molar-refractivity contribution in [1.29, 1.82) is 0 Å². The van der Waals surface area contributed by atoms with Crippen LogP contribution >= 0.6 is 22.0 Å². The van der Waals surface area contributed by atoms with Crippen molar-refractivity contribution < 1.29 is 22.7 Å². The molecule has 0 fully saturated rings. The van der Waals surface area contributed by atoms with Gasteiger partial charge in [0.05, 0.1) is 12.2 Å². The van der Waals surface area contributed by atoms with E-state index in [0.29, 0.717) is 13.0 Å². The minimum absolute atomic E-state index is 0.0667. The molecular formula is C9H11ClO5S2. The summed E-state index contributed by atoms with van der Waals surface area (Å²) >= 11 is 0.883. The van der Waals surface area contributed by atoms with Crippen LogP contribution in [0.5, 0.6) is 0 Å². The Hall–Kier alpha value is -0.630. The first-order chi connectivity index (χ1) is 7.95. The van der Waals surface area contributed by atoms with Gasteiger partial charge in [-0.3, -0.25) is 0 Å². The molecule has 0 aliphatic heterocycles. The summed E-state index contributed by atoms with van der Waals surface area (Å²) in [6, 6.07) is 1.20. The van der Waals surface area contributed by atoms with Crippen LogP contribution in [-0.4, -0.2) is 34.7 Å². The van der Waals surface area contributed by atoms with Gasteiger partial charge in [-0.05, 0) is 6.07 Å². The second kappa shape index (κ2) is 6.34. The van der Waals surface area contributed by atoms with E-state index in [1.165, 1.54) is 11.4 Å². The molecular weight excluding hydrogens is 288 g/mol. The summed E-state index contributed by atoms with van der Waals surface area (Å²) in [6.45, 7) is 0.726. The van der Waals surface area contributed by atoms with Gasteiger partial charge in [-0.15, -0.1) is 11.3 Å². The van der Waals surface area contributed by atoms with Gasteiger partial charge in [-0.2, -0.15) is 0 Å². The van der Waals surface area contributed by atoms with Crippen molar-refractivity contribution in [1.82, 2.24) is 0 Å². The maximum atomic E-state index is 11.5. The lowest BCUT2D eigenvalue weighted by Gasteiger charge is -2.02. The Morgan fingerprint density at radius 1 is 1.47 bits per heavy atom. The molecule has 0 atom stereocenters. The fourth-order valence-corrected chi connectivity index (χ4v) is 2.94. The molecule has 1 heterocycles. The topological polar surface area (TPSA) is 69.7 Å². The van der Waals surface area contributed by atoms with E-state index in [0.717, 1.165) is 11.3 Å². The van der Waals surface area contributed by atoms with Crippen LogP contribution < -0.4 is 0 Å². The third kappa shape index (κ3) is 4.63. The normalized spacial score (nSPS) is 11.4. The number of thiophene rings is 1. The minimum atomic E-state index is -3.78. The Bertz CT molecular complexity index is 479. The number of methoxy groups -OCH3 is 1. The highest BCUT2D eigenvalue weighted by Gasteiger charge is 2.17. The maximum Gasteiger partial charge on any atom is 0.339 e. The molecule has 96 valence electrons. The minimum Gasteiger partial charge on any atom is -0.462 e. The van der Waals surface area contributed by atoms with Gasteiger partial charge in [0.1, 0.15) is 4.21 Å². The molecule has 0 unspecified atom stereocenters. The Morgan fingerprint density at radius 3 is 2.71 bits per heavy atom. The standard InChI is InChI=1S/C9H11ClO5S2/c1-14-3-2-4-15-9(11)7-5-8(16-6-7)17(10,12)13/h5-6H,2-4H2,1H3. The maximum absolute atomic E-state index is 11.5. The Kier molecular flexibility index (Phi) is 5.38. The van der Waals surface area contributed by atoms with E-state index in [-0.39, 0.29) is 16.4 Å². The molecule has 1 aromatic rings. The summed E-state index contributed by atoms with van der Waals surface area (Å²) in [5.74, 6) is -0.566. The quantitative estimate of drug-likeness (QED) is 0.455. The third-order valence-corrected chi connectivity index (χ3v) is 4.82. The molecule has 0 saturated heterocycles. The molecule has 0 aliphatic rings. The van der Waals surface area contributed by atoms with Crippen LogP contribution in [0.25, 0.3) is 0 Å². The number of rotatable bonds is 6. The van der Waals surface area contributed by atoms with E-state index in [1.807, 2.05) is 0 Å². The molecule has 0 amide bonds. The van der Waals surface area contributed by atoms with Crippen molar-refractivity contribution in [2.45, 2.75) is 10.6 Å². The molecule has 5 nitrogen and oxygen atoms in total. The fraction of sp³-hybridized carbons (Fsp3) is 0.444. The van der Waals surface area contributed by atoms with E-state index in [1.54, 1.807) is 7.11 Å². The van der Waals surface area contributed by atoms with Gasteiger partial charge in [-0.1, -0.05) is 0 Å². The molecule has 1 rings (SSSR count). The number of esters is 1. The molecule has 0 aliphatic carbocycles. The van der Waals surface area contributed by atoms with Gasteiger partial charge in [0.25, 0.3) is 9.05 Å².